The molecule has 1 N–H and O–H groups in total. The summed E-state index contributed by atoms with van der Waals surface area (Å²) in [5, 5.41) is 10.2. The van der Waals surface area contributed by atoms with Gasteiger partial charge in [-0.15, -0.1) is 0 Å². The SMILES string of the molecule is OCc1cnc(SCc2c(F)cccc2F)n1Cc1ccc2c(c1)OCO2. The number of rotatable bonds is 6. The molecule has 1 aliphatic rings. The van der Waals surface area contributed by atoms with Crippen molar-refractivity contribution in [3.63, 3.8) is 0 Å². The maximum atomic E-state index is 13.9. The van der Waals surface area contributed by atoms with Crippen LogP contribution in [0.15, 0.2) is 47.8 Å². The number of hydrogen-bond donors (Lipinski definition) is 1. The molecule has 5 nitrogen and oxygen atoms in total. The number of aliphatic hydroxyl groups is 1. The van der Waals surface area contributed by atoms with Crippen molar-refractivity contribution in [3.8, 4) is 11.5 Å². The minimum absolute atomic E-state index is 0.00526. The van der Waals surface area contributed by atoms with Gasteiger partial charge in [0.2, 0.25) is 6.79 Å². The highest BCUT2D eigenvalue weighted by atomic mass is 32.2. The zero-order chi connectivity index (χ0) is 18.8. The molecule has 0 radical (unpaired) electrons. The summed E-state index contributed by atoms with van der Waals surface area (Å²) < 4.78 is 40.2. The second-order valence-electron chi connectivity index (χ2n) is 5.95. The Balaban J connectivity index is 1.57. The van der Waals surface area contributed by atoms with E-state index in [1.54, 1.807) is 6.20 Å². The number of nitrogens with zero attached hydrogens (tertiary/aromatic N) is 2. The van der Waals surface area contributed by atoms with Crippen LogP contribution < -0.4 is 9.47 Å². The van der Waals surface area contributed by atoms with Gasteiger partial charge in [0.1, 0.15) is 11.6 Å². The highest BCUT2D eigenvalue weighted by Crippen LogP contribution is 2.33. The number of halogens is 2. The molecule has 0 unspecified atom stereocenters. The van der Waals surface area contributed by atoms with Crippen LogP contribution in [0.1, 0.15) is 16.8 Å². The molecule has 0 fully saturated rings. The van der Waals surface area contributed by atoms with Crippen molar-refractivity contribution in [2.75, 3.05) is 6.79 Å². The molecule has 0 spiro atoms. The maximum Gasteiger partial charge on any atom is 0.231 e. The van der Waals surface area contributed by atoms with E-state index in [1.165, 1.54) is 30.0 Å². The van der Waals surface area contributed by atoms with Crippen LogP contribution in [-0.2, 0) is 18.9 Å². The van der Waals surface area contributed by atoms with Crippen LogP contribution >= 0.6 is 11.8 Å². The van der Waals surface area contributed by atoms with E-state index in [1.807, 2.05) is 22.8 Å². The number of aliphatic hydroxyl groups excluding tert-OH is 1. The van der Waals surface area contributed by atoms with Crippen molar-refractivity contribution in [2.45, 2.75) is 24.1 Å². The summed E-state index contributed by atoms with van der Waals surface area (Å²) in [6.07, 6.45) is 1.56. The molecule has 0 aliphatic carbocycles. The Morgan fingerprint density at radius 3 is 2.67 bits per heavy atom. The maximum absolute atomic E-state index is 13.9. The van der Waals surface area contributed by atoms with Gasteiger partial charge in [0, 0.05) is 11.3 Å². The number of benzene rings is 2. The first-order valence-corrected chi connectivity index (χ1v) is 9.23. The third kappa shape index (κ3) is 3.63. The molecule has 3 aromatic rings. The lowest BCUT2D eigenvalue weighted by atomic mass is 10.2. The largest absolute Gasteiger partial charge is 0.454 e. The van der Waals surface area contributed by atoms with Crippen molar-refractivity contribution in [1.82, 2.24) is 9.55 Å². The monoisotopic (exact) mass is 390 g/mol. The average Bonchev–Trinajstić information content (AvgIpc) is 3.28. The minimum atomic E-state index is -0.584. The van der Waals surface area contributed by atoms with Gasteiger partial charge >= 0.3 is 0 Å². The van der Waals surface area contributed by atoms with Crippen LogP contribution in [0.5, 0.6) is 11.5 Å². The number of imidazole rings is 1. The van der Waals surface area contributed by atoms with Gasteiger partial charge in [-0.1, -0.05) is 23.9 Å². The Labute approximate surface area is 158 Å². The quantitative estimate of drug-likeness (QED) is 0.650. The van der Waals surface area contributed by atoms with Gasteiger partial charge in [0.25, 0.3) is 0 Å². The van der Waals surface area contributed by atoms with Crippen molar-refractivity contribution in [1.29, 1.82) is 0 Å². The summed E-state index contributed by atoms with van der Waals surface area (Å²) in [6.45, 7) is 0.446. The normalized spacial score (nSPS) is 12.6. The number of thioether (sulfide) groups is 1. The Bertz CT molecular complexity index is 957. The Hall–Kier alpha value is -2.58. The molecule has 0 saturated heterocycles. The molecule has 8 heteroatoms. The van der Waals surface area contributed by atoms with E-state index >= 15 is 0 Å². The first-order valence-electron chi connectivity index (χ1n) is 8.25. The van der Waals surface area contributed by atoms with Crippen molar-refractivity contribution in [3.05, 3.63) is 71.1 Å². The molecule has 140 valence electrons. The fraction of sp³-hybridized carbons (Fsp3) is 0.211. The van der Waals surface area contributed by atoms with Gasteiger partial charge in [-0.3, -0.25) is 0 Å². The third-order valence-corrected chi connectivity index (χ3v) is 5.27. The van der Waals surface area contributed by atoms with Crippen LogP contribution in [0.4, 0.5) is 8.78 Å². The van der Waals surface area contributed by atoms with E-state index < -0.39 is 11.6 Å². The fourth-order valence-electron chi connectivity index (χ4n) is 2.83. The molecule has 1 aromatic heterocycles. The Morgan fingerprint density at radius 1 is 1.11 bits per heavy atom. The van der Waals surface area contributed by atoms with Crippen LogP contribution in [0, 0.1) is 11.6 Å². The molecular weight excluding hydrogens is 374 g/mol. The van der Waals surface area contributed by atoms with Gasteiger partial charge < -0.3 is 19.1 Å². The summed E-state index contributed by atoms with van der Waals surface area (Å²) >= 11 is 1.21. The van der Waals surface area contributed by atoms with Gasteiger partial charge in [-0.05, 0) is 29.8 Å². The van der Waals surface area contributed by atoms with Gasteiger partial charge in [-0.25, -0.2) is 13.8 Å². The van der Waals surface area contributed by atoms with E-state index in [4.69, 9.17) is 9.47 Å². The van der Waals surface area contributed by atoms with E-state index in [2.05, 4.69) is 4.98 Å². The lowest BCUT2D eigenvalue weighted by Crippen LogP contribution is -2.06. The summed E-state index contributed by atoms with van der Waals surface area (Å²) in [4.78, 5) is 4.30. The zero-order valence-electron chi connectivity index (χ0n) is 14.2. The fourth-order valence-corrected chi connectivity index (χ4v) is 3.85. The number of fused-ring (bicyclic) bond motifs is 1. The predicted octanol–water partition coefficient (Wildman–Crippen LogP) is 3.72. The van der Waals surface area contributed by atoms with Crippen LogP contribution in [-0.4, -0.2) is 21.5 Å². The topological polar surface area (TPSA) is 56.5 Å². The summed E-state index contributed by atoms with van der Waals surface area (Å²) in [5.41, 5.74) is 1.56. The Kier molecular flexibility index (Phi) is 5.00. The van der Waals surface area contributed by atoms with E-state index in [9.17, 15) is 13.9 Å². The highest BCUT2D eigenvalue weighted by molar-refractivity contribution is 7.98. The zero-order valence-corrected chi connectivity index (χ0v) is 15.0. The lowest BCUT2D eigenvalue weighted by molar-refractivity contribution is 0.174. The molecular formula is C19H16F2N2O3S. The van der Waals surface area contributed by atoms with Crippen molar-refractivity contribution >= 4 is 11.8 Å². The first-order chi connectivity index (χ1) is 13.2. The molecule has 0 bridgehead atoms. The molecule has 1 aliphatic heterocycles. The number of aromatic nitrogens is 2. The average molecular weight is 390 g/mol. The molecule has 2 heterocycles. The van der Waals surface area contributed by atoms with Crippen molar-refractivity contribution in [2.24, 2.45) is 0 Å². The second kappa shape index (κ2) is 7.58. The molecule has 4 rings (SSSR count). The second-order valence-corrected chi connectivity index (χ2v) is 6.90. The summed E-state index contributed by atoms with van der Waals surface area (Å²) in [7, 11) is 0. The molecule has 0 atom stereocenters. The molecule has 0 saturated carbocycles. The van der Waals surface area contributed by atoms with Gasteiger partial charge in [-0.2, -0.15) is 0 Å². The molecule has 27 heavy (non-hydrogen) atoms. The van der Waals surface area contributed by atoms with Gasteiger partial charge in [0.05, 0.1) is 25.0 Å². The van der Waals surface area contributed by atoms with Crippen LogP contribution in [0.3, 0.4) is 0 Å². The predicted molar refractivity (Wildman–Crippen MR) is 95.7 cm³/mol. The summed E-state index contributed by atoms with van der Waals surface area (Å²) in [6, 6.07) is 9.40. The third-order valence-electron chi connectivity index (χ3n) is 4.25. The number of ether oxygens (including phenoxy) is 2. The van der Waals surface area contributed by atoms with E-state index in [0.29, 0.717) is 28.9 Å². The highest BCUT2D eigenvalue weighted by Gasteiger charge is 2.17. The Morgan fingerprint density at radius 2 is 1.89 bits per heavy atom. The first kappa shape index (κ1) is 17.8. The molecule has 2 aromatic carbocycles. The summed E-state index contributed by atoms with van der Waals surface area (Å²) in [5.74, 6) is 0.288. The van der Waals surface area contributed by atoms with E-state index in [0.717, 1.165) is 5.56 Å². The molecule has 0 amide bonds. The lowest BCUT2D eigenvalue weighted by Gasteiger charge is -2.12. The van der Waals surface area contributed by atoms with E-state index in [-0.39, 0.29) is 24.7 Å². The van der Waals surface area contributed by atoms with Crippen LogP contribution in [0.2, 0.25) is 0 Å². The smallest absolute Gasteiger partial charge is 0.231 e. The van der Waals surface area contributed by atoms with Crippen LogP contribution in [0.25, 0.3) is 0 Å². The standard InChI is InChI=1S/C19H16F2N2O3S/c20-15-2-1-3-16(21)14(15)10-27-19-22-7-13(9-24)23(19)8-12-4-5-17-18(6-12)26-11-25-17/h1-7,24H,8-11H2. The minimum Gasteiger partial charge on any atom is -0.454 e. The van der Waals surface area contributed by atoms with Crippen molar-refractivity contribution < 1.29 is 23.4 Å². The number of hydrogen-bond acceptors (Lipinski definition) is 5. The van der Waals surface area contributed by atoms with Gasteiger partial charge in [0.15, 0.2) is 16.7 Å².